The van der Waals surface area contributed by atoms with Crippen LogP contribution in [0.1, 0.15) is 80.6 Å². The van der Waals surface area contributed by atoms with E-state index in [1.165, 1.54) is 23.1 Å². The molecule has 1 atom stereocenters. The zero-order valence-corrected chi connectivity index (χ0v) is 19.9. The largest absolute Gasteiger partial charge is 0.376 e. The second-order valence-corrected chi connectivity index (χ2v) is 9.80. The summed E-state index contributed by atoms with van der Waals surface area (Å²) in [6.45, 7) is 8.39. The summed E-state index contributed by atoms with van der Waals surface area (Å²) < 4.78 is 5.56. The molecule has 34 heavy (non-hydrogen) atoms. The number of carbonyl (C=O) groups is 4. The van der Waals surface area contributed by atoms with Gasteiger partial charge in [-0.2, -0.15) is 0 Å². The Kier molecular flexibility index (Phi) is 6.27. The highest BCUT2D eigenvalue weighted by Gasteiger charge is 2.38. The molecule has 0 saturated carbocycles. The van der Waals surface area contributed by atoms with E-state index >= 15 is 0 Å². The Morgan fingerprint density at radius 1 is 1.03 bits per heavy atom. The number of aryl methyl sites for hydroxylation is 1. The van der Waals surface area contributed by atoms with E-state index in [1.54, 1.807) is 25.1 Å². The van der Waals surface area contributed by atoms with Gasteiger partial charge in [-0.3, -0.25) is 24.1 Å². The number of nitrogens with zero attached hydrogens (tertiary/aromatic N) is 1. The van der Waals surface area contributed by atoms with Crippen molar-refractivity contribution in [3.63, 3.8) is 0 Å². The molecule has 0 spiro atoms. The molecular formula is C26H29N3O5. The Bertz CT molecular complexity index is 1180. The van der Waals surface area contributed by atoms with E-state index in [1.807, 2.05) is 20.8 Å². The third kappa shape index (κ3) is 4.87. The third-order valence-electron chi connectivity index (χ3n) is 5.86. The molecule has 0 aromatic heterocycles. The van der Waals surface area contributed by atoms with Crippen molar-refractivity contribution in [2.45, 2.75) is 52.2 Å². The van der Waals surface area contributed by atoms with Crippen molar-refractivity contribution in [3.05, 3.63) is 64.2 Å². The van der Waals surface area contributed by atoms with Crippen molar-refractivity contribution in [1.29, 1.82) is 0 Å². The first kappa shape index (κ1) is 23.6. The van der Waals surface area contributed by atoms with Crippen molar-refractivity contribution >= 4 is 29.3 Å². The molecule has 1 unspecified atom stereocenters. The van der Waals surface area contributed by atoms with Crippen LogP contribution in [0.15, 0.2) is 36.4 Å². The first-order valence-electron chi connectivity index (χ1n) is 11.4. The lowest BCUT2D eigenvalue weighted by atomic mass is 10.0. The number of hydrogen-bond donors (Lipinski definition) is 2. The number of amides is 4. The van der Waals surface area contributed by atoms with Crippen LogP contribution in [0.5, 0.6) is 0 Å². The van der Waals surface area contributed by atoms with Crippen LogP contribution in [0.25, 0.3) is 0 Å². The molecule has 2 aliphatic heterocycles. The zero-order chi connectivity index (χ0) is 24.6. The molecule has 0 aliphatic carbocycles. The number of fused-ring (bicyclic) bond motifs is 1. The molecule has 2 aromatic carbocycles. The maximum absolute atomic E-state index is 12.9. The molecule has 8 nitrogen and oxygen atoms in total. The first-order valence-corrected chi connectivity index (χ1v) is 11.4. The maximum atomic E-state index is 12.9. The van der Waals surface area contributed by atoms with Gasteiger partial charge in [0.1, 0.15) is 0 Å². The molecule has 1 saturated heterocycles. The van der Waals surface area contributed by atoms with Gasteiger partial charge in [-0.1, -0.05) is 0 Å². The zero-order valence-electron chi connectivity index (χ0n) is 19.9. The van der Waals surface area contributed by atoms with Crippen LogP contribution in [-0.4, -0.2) is 53.3 Å². The standard InChI is InChI=1S/C26H29N3O5/c1-15-12-17(8-10-19(15)23(31)28-26(2,3)4)27-22(30)16-7-9-20-21(13-16)25(33)29(24(20)32)14-18-6-5-11-34-18/h7-10,12-13,18H,5-6,11,14H2,1-4H3,(H,27,30)(H,28,31). The SMILES string of the molecule is Cc1cc(NC(=O)c2ccc3c(c2)C(=O)N(CC2CCCO2)C3=O)ccc1C(=O)NC(C)(C)C. The molecule has 178 valence electrons. The van der Waals surface area contributed by atoms with Gasteiger partial charge in [-0.05, 0) is 82.5 Å². The summed E-state index contributed by atoms with van der Waals surface area (Å²) in [6, 6.07) is 9.56. The topological polar surface area (TPSA) is 105 Å². The number of carbonyl (C=O) groups excluding carboxylic acids is 4. The van der Waals surface area contributed by atoms with E-state index in [0.29, 0.717) is 23.4 Å². The highest BCUT2D eigenvalue weighted by molar-refractivity contribution is 6.22. The summed E-state index contributed by atoms with van der Waals surface area (Å²) in [4.78, 5) is 52.1. The Hall–Kier alpha value is -3.52. The van der Waals surface area contributed by atoms with Crippen molar-refractivity contribution in [3.8, 4) is 0 Å². The van der Waals surface area contributed by atoms with Crippen molar-refractivity contribution < 1.29 is 23.9 Å². The highest BCUT2D eigenvalue weighted by Crippen LogP contribution is 2.26. The number of ether oxygens (including phenoxy) is 1. The van der Waals surface area contributed by atoms with Crippen molar-refractivity contribution in [2.24, 2.45) is 0 Å². The van der Waals surface area contributed by atoms with Gasteiger partial charge in [0.15, 0.2) is 0 Å². The molecule has 0 radical (unpaired) electrons. The summed E-state index contributed by atoms with van der Waals surface area (Å²) in [5, 5.41) is 5.72. The molecule has 1 fully saturated rings. The van der Waals surface area contributed by atoms with Gasteiger partial charge >= 0.3 is 0 Å². The van der Waals surface area contributed by atoms with Gasteiger partial charge < -0.3 is 15.4 Å². The van der Waals surface area contributed by atoms with E-state index in [0.717, 1.165) is 18.4 Å². The Labute approximate surface area is 198 Å². The normalized spacial score (nSPS) is 17.6. The van der Waals surface area contributed by atoms with Crippen LogP contribution in [0.4, 0.5) is 5.69 Å². The lowest BCUT2D eigenvalue weighted by molar-refractivity contribution is 0.0475. The molecule has 2 heterocycles. The Morgan fingerprint density at radius 2 is 1.76 bits per heavy atom. The number of rotatable bonds is 5. The van der Waals surface area contributed by atoms with Gasteiger partial charge in [0.2, 0.25) is 0 Å². The van der Waals surface area contributed by atoms with Crippen molar-refractivity contribution in [1.82, 2.24) is 10.2 Å². The van der Waals surface area contributed by atoms with Crippen LogP contribution in [0.2, 0.25) is 0 Å². The summed E-state index contributed by atoms with van der Waals surface area (Å²) in [5.74, 6) is -1.36. The van der Waals surface area contributed by atoms with Crippen LogP contribution >= 0.6 is 0 Å². The van der Waals surface area contributed by atoms with E-state index in [2.05, 4.69) is 10.6 Å². The minimum atomic E-state index is -0.410. The van der Waals surface area contributed by atoms with Gasteiger partial charge in [0.25, 0.3) is 23.6 Å². The molecule has 4 amide bonds. The molecule has 8 heteroatoms. The predicted octanol–water partition coefficient (Wildman–Crippen LogP) is 3.55. The predicted molar refractivity (Wildman–Crippen MR) is 127 cm³/mol. The van der Waals surface area contributed by atoms with E-state index in [9.17, 15) is 19.2 Å². The third-order valence-corrected chi connectivity index (χ3v) is 5.86. The minimum absolute atomic E-state index is 0.137. The Morgan fingerprint density at radius 3 is 2.41 bits per heavy atom. The molecule has 2 aromatic rings. The molecular weight excluding hydrogens is 434 g/mol. The van der Waals surface area contributed by atoms with E-state index in [4.69, 9.17) is 4.74 Å². The fourth-order valence-electron chi connectivity index (χ4n) is 4.20. The second kappa shape index (κ2) is 9.02. The van der Waals surface area contributed by atoms with Gasteiger partial charge in [0.05, 0.1) is 23.8 Å². The smallest absolute Gasteiger partial charge is 0.261 e. The number of nitrogens with one attached hydrogen (secondary N) is 2. The highest BCUT2D eigenvalue weighted by atomic mass is 16.5. The fourth-order valence-corrected chi connectivity index (χ4v) is 4.20. The number of benzene rings is 2. The lowest BCUT2D eigenvalue weighted by Crippen LogP contribution is -2.40. The lowest BCUT2D eigenvalue weighted by Gasteiger charge is -2.21. The van der Waals surface area contributed by atoms with Crippen LogP contribution in [-0.2, 0) is 4.74 Å². The van der Waals surface area contributed by atoms with Gasteiger partial charge in [0, 0.05) is 29.0 Å². The number of anilines is 1. The van der Waals surface area contributed by atoms with Gasteiger partial charge in [-0.25, -0.2) is 0 Å². The van der Waals surface area contributed by atoms with Crippen LogP contribution in [0, 0.1) is 6.92 Å². The molecule has 0 bridgehead atoms. The summed E-state index contributed by atoms with van der Waals surface area (Å²) in [6.07, 6.45) is 1.60. The van der Waals surface area contributed by atoms with Crippen LogP contribution in [0.3, 0.4) is 0 Å². The summed E-state index contributed by atoms with van der Waals surface area (Å²) in [7, 11) is 0. The first-order chi connectivity index (χ1) is 16.0. The monoisotopic (exact) mass is 463 g/mol. The summed E-state index contributed by atoms with van der Waals surface area (Å²) in [5.41, 5.74) is 2.21. The number of hydrogen-bond acceptors (Lipinski definition) is 5. The van der Waals surface area contributed by atoms with Crippen LogP contribution < -0.4 is 10.6 Å². The van der Waals surface area contributed by atoms with E-state index in [-0.39, 0.29) is 41.1 Å². The van der Waals surface area contributed by atoms with E-state index < -0.39 is 11.8 Å². The number of imide groups is 1. The average molecular weight is 464 g/mol. The fraction of sp³-hybridized carbons (Fsp3) is 0.385. The van der Waals surface area contributed by atoms with Crippen molar-refractivity contribution in [2.75, 3.05) is 18.5 Å². The second-order valence-electron chi connectivity index (χ2n) is 9.80. The summed E-state index contributed by atoms with van der Waals surface area (Å²) >= 11 is 0. The van der Waals surface area contributed by atoms with Gasteiger partial charge in [-0.15, -0.1) is 0 Å². The quantitative estimate of drug-likeness (QED) is 0.660. The average Bonchev–Trinajstić information content (AvgIpc) is 3.35. The molecule has 4 rings (SSSR count). The molecule has 2 N–H and O–H groups in total. The maximum Gasteiger partial charge on any atom is 0.261 e. The molecule has 2 aliphatic rings. The minimum Gasteiger partial charge on any atom is -0.376 e. The Balaban J connectivity index is 1.47.